The lowest BCUT2D eigenvalue weighted by molar-refractivity contribution is 0.259. The van der Waals surface area contributed by atoms with Crippen LogP contribution in [0.25, 0.3) is 0 Å². The molecule has 23 heavy (non-hydrogen) atoms. The van der Waals surface area contributed by atoms with Gasteiger partial charge in [-0.2, -0.15) is 0 Å². The van der Waals surface area contributed by atoms with Gasteiger partial charge in [0, 0.05) is 51.2 Å². The molecule has 0 saturated heterocycles. The van der Waals surface area contributed by atoms with Crippen LogP contribution in [0.3, 0.4) is 0 Å². The van der Waals surface area contributed by atoms with E-state index in [1.807, 2.05) is 29.4 Å². The number of fused-ring (bicyclic) bond motifs is 1. The van der Waals surface area contributed by atoms with Gasteiger partial charge >= 0.3 is 0 Å². The molecule has 0 radical (unpaired) electrons. The van der Waals surface area contributed by atoms with Crippen LogP contribution in [0.5, 0.6) is 0 Å². The second-order valence-electron chi connectivity index (χ2n) is 5.72. The van der Waals surface area contributed by atoms with Crippen molar-refractivity contribution in [2.75, 3.05) is 33.7 Å². The van der Waals surface area contributed by atoms with Gasteiger partial charge in [0.1, 0.15) is 12.0 Å². The lowest BCUT2D eigenvalue weighted by atomic mass is 10.1. The first kappa shape index (κ1) is 16.0. The van der Waals surface area contributed by atoms with Gasteiger partial charge in [-0.3, -0.25) is 9.89 Å². The second kappa shape index (κ2) is 7.61. The Balaban J connectivity index is 1.44. The molecule has 0 unspecified atom stereocenters. The van der Waals surface area contributed by atoms with Crippen molar-refractivity contribution in [3.8, 4) is 0 Å². The van der Waals surface area contributed by atoms with Gasteiger partial charge in [-0.1, -0.05) is 5.16 Å². The Labute approximate surface area is 140 Å². The predicted octanol–water partition coefficient (Wildman–Crippen LogP) is 1.80. The fraction of sp³-hybridized carbons (Fsp3) is 0.500. The fourth-order valence-corrected chi connectivity index (χ4v) is 3.73. The average Bonchev–Trinajstić information content (AvgIpc) is 3.22. The molecule has 6 nitrogen and oxygen atoms in total. The van der Waals surface area contributed by atoms with Gasteiger partial charge in [0.25, 0.3) is 0 Å². The quantitative estimate of drug-likeness (QED) is 0.668. The topological polar surface area (TPSA) is 56.9 Å². The Morgan fingerprint density at radius 1 is 1.52 bits per heavy atom. The summed E-state index contributed by atoms with van der Waals surface area (Å²) < 4.78 is 4.87. The lowest BCUT2D eigenvalue weighted by Gasteiger charge is -2.28. The summed E-state index contributed by atoms with van der Waals surface area (Å²) >= 11 is 1.88. The highest BCUT2D eigenvalue weighted by Crippen LogP contribution is 2.23. The van der Waals surface area contributed by atoms with Crippen LogP contribution in [0, 0.1) is 0 Å². The summed E-state index contributed by atoms with van der Waals surface area (Å²) in [4.78, 5) is 10.4. The largest absolute Gasteiger partial charge is 0.364 e. The van der Waals surface area contributed by atoms with E-state index in [9.17, 15) is 0 Å². The lowest BCUT2D eigenvalue weighted by Crippen LogP contribution is -2.43. The third-order valence-corrected chi connectivity index (χ3v) is 5.08. The highest BCUT2D eigenvalue weighted by Gasteiger charge is 2.17. The van der Waals surface area contributed by atoms with Crippen molar-refractivity contribution in [2.45, 2.75) is 19.5 Å². The first-order valence-electron chi connectivity index (χ1n) is 7.85. The first-order chi connectivity index (χ1) is 11.3. The van der Waals surface area contributed by atoms with Crippen molar-refractivity contribution in [1.82, 2.24) is 20.3 Å². The van der Waals surface area contributed by atoms with Crippen LogP contribution in [0.15, 0.2) is 33.3 Å². The maximum absolute atomic E-state index is 4.87. The Hall–Kier alpha value is -1.86. The molecule has 0 atom stereocenters. The maximum Gasteiger partial charge on any atom is 0.193 e. The van der Waals surface area contributed by atoms with Crippen molar-refractivity contribution in [2.24, 2.45) is 4.99 Å². The molecule has 3 rings (SSSR count). The van der Waals surface area contributed by atoms with Crippen LogP contribution in [0.1, 0.15) is 16.1 Å². The summed E-state index contributed by atoms with van der Waals surface area (Å²) in [7, 11) is 3.81. The Bertz CT molecular complexity index is 637. The van der Waals surface area contributed by atoms with Crippen molar-refractivity contribution < 1.29 is 4.52 Å². The minimum absolute atomic E-state index is 0.679. The number of aromatic nitrogens is 1. The Morgan fingerprint density at radius 3 is 3.22 bits per heavy atom. The molecule has 0 aliphatic carbocycles. The summed E-state index contributed by atoms with van der Waals surface area (Å²) in [5.74, 6) is 0.876. The van der Waals surface area contributed by atoms with Crippen LogP contribution in [0.4, 0.5) is 0 Å². The molecule has 7 heteroatoms. The van der Waals surface area contributed by atoms with E-state index >= 15 is 0 Å². The third kappa shape index (κ3) is 4.11. The number of nitrogens with one attached hydrogen (secondary N) is 1. The van der Waals surface area contributed by atoms with Crippen LogP contribution in [-0.2, 0) is 19.5 Å². The minimum atomic E-state index is 0.679. The van der Waals surface area contributed by atoms with Crippen molar-refractivity contribution >= 4 is 17.3 Å². The molecule has 0 saturated carbocycles. The average molecular weight is 333 g/mol. The Morgan fingerprint density at radius 2 is 2.43 bits per heavy atom. The summed E-state index contributed by atoms with van der Waals surface area (Å²) in [5.41, 5.74) is 2.39. The Kier molecular flexibility index (Phi) is 5.30. The van der Waals surface area contributed by atoms with E-state index in [0.29, 0.717) is 6.54 Å². The van der Waals surface area contributed by atoms with Gasteiger partial charge in [0.15, 0.2) is 5.96 Å². The molecule has 0 aromatic carbocycles. The SMILES string of the molecule is CN=C(NCCN1CCc2sccc2C1)N(C)Cc1ccon1. The van der Waals surface area contributed by atoms with Crippen LogP contribution in [-0.4, -0.2) is 54.6 Å². The number of thiophene rings is 1. The summed E-state index contributed by atoms with van der Waals surface area (Å²) in [6.45, 7) is 4.79. The number of rotatable bonds is 5. The zero-order chi connectivity index (χ0) is 16.1. The zero-order valence-corrected chi connectivity index (χ0v) is 14.5. The number of aliphatic imine (C=N–C) groups is 1. The molecular weight excluding hydrogens is 310 g/mol. The third-order valence-electron chi connectivity index (χ3n) is 4.06. The molecule has 0 amide bonds. The van der Waals surface area contributed by atoms with Gasteiger partial charge < -0.3 is 14.7 Å². The van der Waals surface area contributed by atoms with E-state index in [1.54, 1.807) is 18.2 Å². The molecule has 2 aromatic rings. The number of hydrogen-bond donors (Lipinski definition) is 1. The van der Waals surface area contributed by atoms with E-state index in [2.05, 4.69) is 31.8 Å². The number of guanidine groups is 1. The molecule has 0 fully saturated rings. The second-order valence-corrected chi connectivity index (χ2v) is 6.72. The zero-order valence-electron chi connectivity index (χ0n) is 13.7. The molecule has 1 aliphatic rings. The van der Waals surface area contributed by atoms with Gasteiger partial charge in [-0.25, -0.2) is 0 Å². The van der Waals surface area contributed by atoms with Crippen molar-refractivity contribution in [3.63, 3.8) is 0 Å². The van der Waals surface area contributed by atoms with Crippen LogP contribution in [0.2, 0.25) is 0 Å². The monoisotopic (exact) mass is 333 g/mol. The smallest absolute Gasteiger partial charge is 0.193 e. The number of nitrogens with zero attached hydrogens (tertiary/aromatic N) is 4. The summed E-state index contributed by atoms with van der Waals surface area (Å²) in [6, 6.07) is 4.13. The molecule has 1 aliphatic heterocycles. The fourth-order valence-electron chi connectivity index (χ4n) is 2.85. The standard InChI is InChI=1S/C16H23N5OS/c1-17-16(20(2)12-14-4-9-22-19-14)18-6-8-21-7-3-15-13(11-21)5-10-23-15/h4-5,9-10H,3,6-8,11-12H2,1-2H3,(H,17,18). The maximum atomic E-state index is 4.87. The van der Waals surface area contributed by atoms with E-state index < -0.39 is 0 Å². The molecule has 3 heterocycles. The van der Waals surface area contributed by atoms with E-state index in [-0.39, 0.29) is 0 Å². The number of hydrogen-bond acceptors (Lipinski definition) is 5. The van der Waals surface area contributed by atoms with Gasteiger partial charge in [0.2, 0.25) is 0 Å². The van der Waals surface area contributed by atoms with Crippen LogP contribution >= 0.6 is 11.3 Å². The normalized spacial score (nSPS) is 15.5. The highest BCUT2D eigenvalue weighted by atomic mass is 32.1. The molecule has 0 spiro atoms. The summed E-state index contributed by atoms with van der Waals surface area (Å²) in [6.07, 6.45) is 2.77. The van der Waals surface area contributed by atoms with E-state index in [4.69, 9.17) is 4.52 Å². The first-order valence-corrected chi connectivity index (χ1v) is 8.73. The van der Waals surface area contributed by atoms with Gasteiger partial charge in [-0.15, -0.1) is 11.3 Å². The molecule has 2 aromatic heterocycles. The van der Waals surface area contributed by atoms with E-state index in [0.717, 1.165) is 37.8 Å². The van der Waals surface area contributed by atoms with Gasteiger partial charge in [-0.05, 0) is 23.4 Å². The molecule has 0 bridgehead atoms. The summed E-state index contributed by atoms with van der Waals surface area (Å²) in [5, 5.41) is 9.56. The van der Waals surface area contributed by atoms with E-state index in [1.165, 1.54) is 12.0 Å². The van der Waals surface area contributed by atoms with Gasteiger partial charge in [0.05, 0.1) is 6.54 Å². The molecule has 124 valence electrons. The van der Waals surface area contributed by atoms with Crippen molar-refractivity contribution in [3.05, 3.63) is 39.9 Å². The minimum Gasteiger partial charge on any atom is -0.364 e. The molecule has 1 N–H and O–H groups in total. The molecular formula is C16H23N5OS. The predicted molar refractivity (Wildman–Crippen MR) is 92.6 cm³/mol. The van der Waals surface area contributed by atoms with Crippen LogP contribution < -0.4 is 5.32 Å². The highest BCUT2D eigenvalue weighted by molar-refractivity contribution is 7.10. The van der Waals surface area contributed by atoms with Crippen molar-refractivity contribution in [1.29, 1.82) is 0 Å².